The molecule has 0 N–H and O–H groups in total. The molecule has 4 heterocycles. The van der Waals surface area contributed by atoms with Crippen LogP contribution in [0.5, 0.6) is 0 Å². The van der Waals surface area contributed by atoms with Crippen molar-refractivity contribution in [2.75, 3.05) is 6.61 Å². The van der Waals surface area contributed by atoms with Crippen molar-refractivity contribution in [3.63, 3.8) is 0 Å². The zero-order chi connectivity index (χ0) is 21.0. The van der Waals surface area contributed by atoms with E-state index in [4.69, 9.17) is 4.74 Å². The standard InChI is InChI=1S/C21H22FN5O3/c1-13-10-26-17-18(23-20(26)25(13)12-15-7-5-9-30-15)24(2)21(29)27(19(17)28)11-14-6-3-4-8-16(14)22/h3-4,6,8,10,15H,5,7,9,11-12H2,1-2H3/t15-/m1/s1. The Morgan fingerprint density at radius 3 is 2.77 bits per heavy atom. The molecule has 0 amide bonds. The van der Waals surface area contributed by atoms with Crippen molar-refractivity contribution in [1.82, 2.24) is 23.1 Å². The molecule has 1 aromatic carbocycles. The summed E-state index contributed by atoms with van der Waals surface area (Å²) < 4.78 is 26.0. The topological polar surface area (TPSA) is 75.5 Å². The monoisotopic (exact) mass is 411 g/mol. The van der Waals surface area contributed by atoms with Crippen molar-refractivity contribution in [1.29, 1.82) is 0 Å². The summed E-state index contributed by atoms with van der Waals surface area (Å²) >= 11 is 0. The maximum Gasteiger partial charge on any atom is 0.332 e. The normalized spacial score (nSPS) is 16.8. The van der Waals surface area contributed by atoms with Gasteiger partial charge in [0.2, 0.25) is 5.78 Å². The van der Waals surface area contributed by atoms with E-state index >= 15 is 0 Å². The van der Waals surface area contributed by atoms with Gasteiger partial charge in [0.05, 0.1) is 19.2 Å². The van der Waals surface area contributed by atoms with Gasteiger partial charge in [-0.2, -0.15) is 4.98 Å². The second-order valence-corrected chi connectivity index (χ2v) is 7.79. The number of rotatable bonds is 4. The second kappa shape index (κ2) is 6.94. The quantitative estimate of drug-likeness (QED) is 0.514. The number of hydrogen-bond donors (Lipinski definition) is 0. The maximum absolute atomic E-state index is 14.1. The first kappa shape index (κ1) is 18.8. The zero-order valence-electron chi connectivity index (χ0n) is 16.8. The lowest BCUT2D eigenvalue weighted by Gasteiger charge is -2.11. The highest BCUT2D eigenvalue weighted by Crippen LogP contribution is 2.20. The van der Waals surface area contributed by atoms with Crippen molar-refractivity contribution in [2.24, 2.45) is 7.05 Å². The summed E-state index contributed by atoms with van der Waals surface area (Å²) in [5.74, 6) is 0.136. The van der Waals surface area contributed by atoms with Gasteiger partial charge in [0.25, 0.3) is 5.56 Å². The summed E-state index contributed by atoms with van der Waals surface area (Å²) in [6.07, 6.45) is 3.98. The highest BCUT2D eigenvalue weighted by molar-refractivity contribution is 5.75. The molecule has 0 aliphatic carbocycles. The summed E-state index contributed by atoms with van der Waals surface area (Å²) in [6, 6.07) is 6.13. The van der Waals surface area contributed by atoms with Crippen molar-refractivity contribution < 1.29 is 9.13 Å². The Bertz CT molecular complexity index is 1390. The van der Waals surface area contributed by atoms with E-state index in [-0.39, 0.29) is 18.2 Å². The highest BCUT2D eigenvalue weighted by Gasteiger charge is 2.23. The average Bonchev–Trinajstić information content (AvgIpc) is 3.43. The molecule has 0 radical (unpaired) electrons. The number of imidazole rings is 2. The summed E-state index contributed by atoms with van der Waals surface area (Å²) in [6.45, 7) is 3.21. The molecule has 8 nitrogen and oxygen atoms in total. The van der Waals surface area contributed by atoms with Gasteiger partial charge in [0.15, 0.2) is 11.2 Å². The van der Waals surface area contributed by atoms with E-state index in [1.807, 2.05) is 17.7 Å². The number of fused-ring (bicyclic) bond motifs is 3. The molecule has 1 aliphatic rings. The number of aryl methyl sites for hydroxylation is 2. The molecule has 1 atom stereocenters. The number of halogens is 1. The van der Waals surface area contributed by atoms with E-state index in [0.29, 0.717) is 23.5 Å². The van der Waals surface area contributed by atoms with Crippen LogP contribution in [0.15, 0.2) is 40.1 Å². The average molecular weight is 411 g/mol. The minimum Gasteiger partial charge on any atom is -0.376 e. The lowest BCUT2D eigenvalue weighted by atomic mass is 10.2. The Kier molecular flexibility index (Phi) is 4.35. The van der Waals surface area contributed by atoms with Crippen LogP contribution in [0.4, 0.5) is 4.39 Å². The summed E-state index contributed by atoms with van der Waals surface area (Å²) in [4.78, 5) is 30.8. The molecule has 0 saturated carbocycles. The Balaban J connectivity index is 1.71. The lowest BCUT2D eigenvalue weighted by molar-refractivity contribution is 0.0974. The lowest BCUT2D eigenvalue weighted by Crippen LogP contribution is -2.39. The largest absolute Gasteiger partial charge is 0.376 e. The van der Waals surface area contributed by atoms with E-state index in [1.54, 1.807) is 29.6 Å². The van der Waals surface area contributed by atoms with E-state index in [9.17, 15) is 14.0 Å². The SMILES string of the molecule is Cc1cn2c3c(=O)n(Cc4ccccc4F)c(=O)n(C)c3nc2n1C[C@H]1CCCO1. The summed E-state index contributed by atoms with van der Waals surface area (Å²) in [5, 5.41) is 0. The van der Waals surface area contributed by atoms with Gasteiger partial charge in [-0.3, -0.25) is 18.3 Å². The third kappa shape index (κ3) is 2.80. The molecule has 156 valence electrons. The van der Waals surface area contributed by atoms with Crippen LogP contribution in [0.2, 0.25) is 0 Å². The summed E-state index contributed by atoms with van der Waals surface area (Å²) in [7, 11) is 1.58. The van der Waals surface area contributed by atoms with Crippen molar-refractivity contribution in [3.05, 3.63) is 68.4 Å². The number of aromatic nitrogens is 5. The Morgan fingerprint density at radius 2 is 2.03 bits per heavy atom. The Hall–Kier alpha value is -3.20. The van der Waals surface area contributed by atoms with Crippen molar-refractivity contribution >= 4 is 16.9 Å². The van der Waals surface area contributed by atoms with Gasteiger partial charge in [-0.1, -0.05) is 18.2 Å². The van der Waals surface area contributed by atoms with Crippen LogP contribution >= 0.6 is 0 Å². The van der Waals surface area contributed by atoms with Crippen LogP contribution in [0.3, 0.4) is 0 Å². The fraction of sp³-hybridized carbons (Fsp3) is 0.381. The predicted octanol–water partition coefficient (Wildman–Crippen LogP) is 1.82. The number of ether oxygens (including phenoxy) is 1. The number of nitrogens with zero attached hydrogens (tertiary/aromatic N) is 5. The molecule has 0 bridgehead atoms. The molecular formula is C21H22FN5O3. The number of benzene rings is 1. The van der Waals surface area contributed by atoms with Crippen LogP contribution in [-0.2, 0) is 24.9 Å². The first-order valence-corrected chi connectivity index (χ1v) is 9.98. The highest BCUT2D eigenvalue weighted by atomic mass is 19.1. The van der Waals surface area contributed by atoms with E-state index < -0.39 is 17.1 Å². The van der Waals surface area contributed by atoms with E-state index in [2.05, 4.69) is 4.98 Å². The molecule has 30 heavy (non-hydrogen) atoms. The maximum atomic E-state index is 14.1. The summed E-state index contributed by atoms with van der Waals surface area (Å²) in [5.41, 5.74) is 0.827. The minimum absolute atomic E-state index is 0.112. The molecule has 0 spiro atoms. The third-order valence-electron chi connectivity index (χ3n) is 5.84. The zero-order valence-corrected chi connectivity index (χ0v) is 16.8. The third-order valence-corrected chi connectivity index (χ3v) is 5.84. The second-order valence-electron chi connectivity index (χ2n) is 7.79. The number of hydrogen-bond acceptors (Lipinski definition) is 4. The van der Waals surface area contributed by atoms with Crippen LogP contribution < -0.4 is 11.2 Å². The molecule has 4 aromatic rings. The van der Waals surface area contributed by atoms with Crippen LogP contribution in [0.25, 0.3) is 16.9 Å². The molecule has 0 unspecified atom stereocenters. The van der Waals surface area contributed by atoms with Crippen molar-refractivity contribution in [2.45, 2.75) is 39.0 Å². The van der Waals surface area contributed by atoms with Gasteiger partial charge in [0, 0.05) is 31.1 Å². The first-order chi connectivity index (χ1) is 14.5. The Labute approximate surface area is 170 Å². The molecule has 1 aliphatic heterocycles. The van der Waals surface area contributed by atoms with E-state index in [1.165, 1.54) is 10.6 Å². The fourth-order valence-corrected chi connectivity index (χ4v) is 4.21. The molecular weight excluding hydrogens is 389 g/mol. The predicted molar refractivity (Wildman–Crippen MR) is 109 cm³/mol. The molecule has 1 fully saturated rings. The fourth-order valence-electron chi connectivity index (χ4n) is 4.21. The van der Waals surface area contributed by atoms with Gasteiger partial charge in [-0.15, -0.1) is 0 Å². The van der Waals surface area contributed by atoms with Gasteiger partial charge in [-0.05, 0) is 25.8 Å². The molecule has 5 rings (SSSR count). The minimum atomic E-state index is -0.529. The van der Waals surface area contributed by atoms with Crippen LogP contribution in [0.1, 0.15) is 24.1 Å². The van der Waals surface area contributed by atoms with Gasteiger partial charge < -0.3 is 9.30 Å². The van der Waals surface area contributed by atoms with Crippen molar-refractivity contribution in [3.8, 4) is 0 Å². The van der Waals surface area contributed by atoms with Crippen LogP contribution in [0, 0.1) is 12.7 Å². The molecule has 1 saturated heterocycles. The smallest absolute Gasteiger partial charge is 0.332 e. The molecule has 9 heteroatoms. The Morgan fingerprint density at radius 1 is 1.23 bits per heavy atom. The van der Waals surface area contributed by atoms with Crippen LogP contribution in [-0.4, -0.2) is 35.8 Å². The van der Waals surface area contributed by atoms with Gasteiger partial charge in [-0.25, -0.2) is 9.18 Å². The van der Waals surface area contributed by atoms with Gasteiger partial charge >= 0.3 is 5.69 Å². The molecule has 3 aromatic heterocycles. The van der Waals surface area contributed by atoms with Gasteiger partial charge in [0.1, 0.15) is 5.82 Å². The van der Waals surface area contributed by atoms with E-state index in [0.717, 1.165) is 29.7 Å². The first-order valence-electron chi connectivity index (χ1n) is 9.98.